The number of aromatic nitrogens is 1. The summed E-state index contributed by atoms with van der Waals surface area (Å²) >= 11 is 0. The molecule has 1 heterocycles. The van der Waals surface area contributed by atoms with Gasteiger partial charge in [-0.2, -0.15) is 0 Å². The highest BCUT2D eigenvalue weighted by atomic mass is 16.1. The zero-order valence-corrected chi connectivity index (χ0v) is 9.05. The van der Waals surface area contributed by atoms with E-state index in [1.54, 1.807) is 6.20 Å². The van der Waals surface area contributed by atoms with Gasteiger partial charge in [0.2, 0.25) is 0 Å². The van der Waals surface area contributed by atoms with Crippen molar-refractivity contribution in [3.63, 3.8) is 0 Å². The molecule has 0 saturated heterocycles. The average molecular weight is 193 g/mol. The third kappa shape index (κ3) is 2.72. The van der Waals surface area contributed by atoms with Crippen LogP contribution in [0.25, 0.3) is 0 Å². The Kier molecular flexibility index (Phi) is 4.44. The molecular weight excluding hydrogens is 174 g/mol. The molecule has 0 aromatic carbocycles. The molecule has 2 heteroatoms. The lowest BCUT2D eigenvalue weighted by Crippen LogP contribution is -2.13. The molecule has 0 aliphatic carbocycles. The molecule has 0 aliphatic heterocycles. The van der Waals surface area contributed by atoms with E-state index in [9.17, 15) is 4.79 Å². The van der Waals surface area contributed by atoms with Crippen molar-refractivity contribution >= 4 is 5.78 Å². The fourth-order valence-corrected chi connectivity index (χ4v) is 1.82. The van der Waals surface area contributed by atoms with Gasteiger partial charge in [0.15, 0.2) is 5.78 Å². The van der Waals surface area contributed by atoms with Crippen molar-refractivity contribution in [2.45, 2.75) is 39.5 Å². The fourth-order valence-electron chi connectivity index (χ4n) is 1.82. The van der Waals surface area contributed by atoms with Gasteiger partial charge in [0.1, 0.15) is 0 Å². The van der Waals surface area contributed by atoms with E-state index >= 15 is 0 Å². The average Bonchev–Trinajstić information content (AvgIpc) is 2.69. The summed E-state index contributed by atoms with van der Waals surface area (Å²) in [4.78, 5) is 14.9. The first kappa shape index (κ1) is 11.0. The predicted octanol–water partition coefficient (Wildman–Crippen LogP) is 3.41. The Balaban J connectivity index is 2.63. The van der Waals surface area contributed by atoms with Crippen molar-refractivity contribution in [2.24, 2.45) is 5.92 Å². The number of ketones is 1. The fraction of sp³-hybridized carbons (Fsp3) is 0.583. The van der Waals surface area contributed by atoms with Crippen molar-refractivity contribution in [3.8, 4) is 0 Å². The summed E-state index contributed by atoms with van der Waals surface area (Å²) in [6.45, 7) is 4.26. The second kappa shape index (κ2) is 5.63. The molecule has 2 nitrogen and oxygen atoms in total. The summed E-state index contributed by atoms with van der Waals surface area (Å²) in [5.74, 6) is 0.524. The number of rotatable bonds is 6. The van der Waals surface area contributed by atoms with E-state index in [1.807, 2.05) is 12.3 Å². The Labute approximate surface area is 85.7 Å². The highest BCUT2D eigenvalue weighted by molar-refractivity contribution is 5.97. The molecule has 78 valence electrons. The van der Waals surface area contributed by atoms with Crippen molar-refractivity contribution in [2.75, 3.05) is 0 Å². The monoisotopic (exact) mass is 193 g/mol. The lowest BCUT2D eigenvalue weighted by atomic mass is 9.91. The van der Waals surface area contributed by atoms with E-state index in [4.69, 9.17) is 0 Å². The highest BCUT2D eigenvalue weighted by Gasteiger charge is 2.18. The molecule has 1 rings (SSSR count). The summed E-state index contributed by atoms with van der Waals surface area (Å²) in [7, 11) is 0. The van der Waals surface area contributed by atoms with Crippen LogP contribution in [0.1, 0.15) is 49.9 Å². The molecule has 0 aliphatic rings. The molecule has 0 bridgehead atoms. The lowest BCUT2D eigenvalue weighted by Gasteiger charge is -2.12. The number of aromatic amines is 1. The molecule has 1 N–H and O–H groups in total. The van der Waals surface area contributed by atoms with Gasteiger partial charge < -0.3 is 4.98 Å². The van der Waals surface area contributed by atoms with E-state index in [0.717, 1.165) is 31.2 Å². The molecule has 0 saturated carbocycles. The van der Waals surface area contributed by atoms with Gasteiger partial charge in [-0.1, -0.05) is 26.7 Å². The van der Waals surface area contributed by atoms with Crippen LogP contribution in [0.3, 0.4) is 0 Å². The summed E-state index contributed by atoms with van der Waals surface area (Å²) < 4.78 is 0. The van der Waals surface area contributed by atoms with Crippen molar-refractivity contribution in [1.82, 2.24) is 4.98 Å². The molecule has 14 heavy (non-hydrogen) atoms. The van der Waals surface area contributed by atoms with Crippen LogP contribution >= 0.6 is 0 Å². The number of hydrogen-bond acceptors (Lipinski definition) is 1. The molecule has 1 aromatic rings. The van der Waals surface area contributed by atoms with Crippen LogP contribution in [0.5, 0.6) is 0 Å². The van der Waals surface area contributed by atoms with Crippen LogP contribution in [0.4, 0.5) is 0 Å². The zero-order chi connectivity index (χ0) is 10.4. The molecule has 1 aromatic heterocycles. The van der Waals surface area contributed by atoms with Crippen molar-refractivity contribution < 1.29 is 4.79 Å². The minimum absolute atomic E-state index is 0.223. The normalized spacial score (nSPS) is 10.8. The van der Waals surface area contributed by atoms with Gasteiger partial charge in [0.05, 0.1) is 0 Å². The largest absolute Gasteiger partial charge is 0.367 e. The van der Waals surface area contributed by atoms with Gasteiger partial charge >= 0.3 is 0 Å². The summed E-state index contributed by atoms with van der Waals surface area (Å²) in [5, 5.41) is 0. The molecule has 0 fully saturated rings. The van der Waals surface area contributed by atoms with Crippen LogP contribution < -0.4 is 0 Å². The van der Waals surface area contributed by atoms with E-state index in [-0.39, 0.29) is 5.92 Å². The van der Waals surface area contributed by atoms with Crippen LogP contribution in [0, 0.1) is 5.92 Å². The molecule has 0 atom stereocenters. The summed E-state index contributed by atoms with van der Waals surface area (Å²) in [6, 6.07) is 1.86. The Hall–Kier alpha value is -1.05. The standard InChI is InChI=1S/C12H19NO/c1-3-5-10(6-4-2)12(14)11-7-8-13-9-11/h7-10,13H,3-6H2,1-2H3. The molecular formula is C12H19NO. The van der Waals surface area contributed by atoms with Gasteiger partial charge in [-0.15, -0.1) is 0 Å². The minimum atomic E-state index is 0.223. The number of hydrogen-bond donors (Lipinski definition) is 1. The SMILES string of the molecule is CCCC(CCC)C(=O)c1cc[nH]c1. The van der Waals surface area contributed by atoms with Crippen molar-refractivity contribution in [1.29, 1.82) is 0 Å². The first-order valence-electron chi connectivity index (χ1n) is 5.46. The zero-order valence-electron chi connectivity index (χ0n) is 9.05. The number of H-pyrrole nitrogens is 1. The number of carbonyl (C=O) groups excluding carboxylic acids is 1. The predicted molar refractivity (Wildman–Crippen MR) is 58.4 cm³/mol. The molecule has 0 unspecified atom stereocenters. The number of Topliss-reactive ketones (excluding diaryl/α,β-unsaturated/α-hetero) is 1. The maximum Gasteiger partial charge on any atom is 0.167 e. The Morgan fingerprint density at radius 1 is 1.36 bits per heavy atom. The smallest absolute Gasteiger partial charge is 0.167 e. The van der Waals surface area contributed by atoms with E-state index in [2.05, 4.69) is 18.8 Å². The summed E-state index contributed by atoms with van der Waals surface area (Å²) in [5.41, 5.74) is 0.830. The maximum absolute atomic E-state index is 12.0. The molecule has 0 spiro atoms. The van der Waals surface area contributed by atoms with E-state index < -0.39 is 0 Å². The second-order valence-electron chi connectivity index (χ2n) is 3.74. The van der Waals surface area contributed by atoms with Crippen LogP contribution in [0.2, 0.25) is 0 Å². The van der Waals surface area contributed by atoms with Crippen molar-refractivity contribution in [3.05, 3.63) is 24.0 Å². The third-order valence-corrected chi connectivity index (χ3v) is 2.53. The quantitative estimate of drug-likeness (QED) is 0.690. The van der Waals surface area contributed by atoms with Gasteiger partial charge in [-0.3, -0.25) is 4.79 Å². The maximum atomic E-state index is 12.0. The topological polar surface area (TPSA) is 32.9 Å². The Morgan fingerprint density at radius 3 is 2.43 bits per heavy atom. The Morgan fingerprint density at radius 2 is 2.00 bits per heavy atom. The van der Waals surface area contributed by atoms with E-state index in [1.165, 1.54) is 0 Å². The van der Waals surface area contributed by atoms with Gasteiger partial charge in [-0.25, -0.2) is 0 Å². The van der Waals surface area contributed by atoms with Crippen LogP contribution in [0.15, 0.2) is 18.5 Å². The highest BCUT2D eigenvalue weighted by Crippen LogP contribution is 2.18. The molecule has 0 amide bonds. The summed E-state index contributed by atoms with van der Waals surface area (Å²) in [6.07, 6.45) is 7.79. The Bertz CT molecular complexity index is 258. The van der Waals surface area contributed by atoms with E-state index in [0.29, 0.717) is 5.78 Å². The van der Waals surface area contributed by atoms with Gasteiger partial charge in [-0.05, 0) is 18.9 Å². The third-order valence-electron chi connectivity index (χ3n) is 2.53. The first-order chi connectivity index (χ1) is 6.79. The van der Waals surface area contributed by atoms with Crippen LogP contribution in [-0.4, -0.2) is 10.8 Å². The van der Waals surface area contributed by atoms with Crippen LogP contribution in [-0.2, 0) is 0 Å². The molecule has 0 radical (unpaired) electrons. The first-order valence-corrected chi connectivity index (χ1v) is 5.46. The number of nitrogens with one attached hydrogen (secondary N) is 1. The van der Waals surface area contributed by atoms with Gasteiger partial charge in [0, 0.05) is 23.9 Å². The minimum Gasteiger partial charge on any atom is -0.367 e. The second-order valence-corrected chi connectivity index (χ2v) is 3.74. The van der Waals surface area contributed by atoms with Gasteiger partial charge in [0.25, 0.3) is 0 Å². The number of carbonyl (C=O) groups is 1. The lowest BCUT2D eigenvalue weighted by molar-refractivity contribution is 0.0905.